The van der Waals surface area contributed by atoms with Crippen LogP contribution >= 0.6 is 11.6 Å². The van der Waals surface area contributed by atoms with Crippen LogP contribution in [-0.2, 0) is 14.3 Å². The molecule has 1 aliphatic rings. The molecule has 2 rings (SSSR count). The molecule has 1 saturated heterocycles. The Labute approximate surface area is 141 Å². The summed E-state index contributed by atoms with van der Waals surface area (Å²) in [5.41, 5.74) is 0.636. The number of benzene rings is 1. The van der Waals surface area contributed by atoms with E-state index in [0.29, 0.717) is 30.3 Å². The largest absolute Gasteiger partial charge is 0.466 e. The molecule has 23 heavy (non-hydrogen) atoms. The first kappa shape index (κ1) is 17.8. The number of para-hydroxylation sites is 1. The maximum atomic E-state index is 12.1. The standard InChI is InChI=1S/C17H23ClN2O3/c1-2-23-17(22)13-6-5-10-20(12-13)11-9-16(21)19-15-8-4-3-7-14(15)18/h3-4,7-8,13H,2,5-6,9-12H2,1H3,(H,19,21)/p+1/t13-/m1/s1. The number of hydrogen-bond acceptors (Lipinski definition) is 3. The number of piperidine rings is 1. The monoisotopic (exact) mass is 339 g/mol. The van der Waals surface area contributed by atoms with Gasteiger partial charge >= 0.3 is 5.97 Å². The molecule has 0 radical (unpaired) electrons. The van der Waals surface area contributed by atoms with Crippen molar-refractivity contribution in [3.05, 3.63) is 29.3 Å². The number of hydrogen-bond donors (Lipinski definition) is 2. The van der Waals surface area contributed by atoms with Gasteiger partial charge in [0.1, 0.15) is 5.92 Å². The Morgan fingerprint density at radius 1 is 1.39 bits per heavy atom. The van der Waals surface area contributed by atoms with Gasteiger partial charge in [0.15, 0.2) is 0 Å². The highest BCUT2D eigenvalue weighted by Gasteiger charge is 2.29. The fourth-order valence-electron chi connectivity index (χ4n) is 2.90. The van der Waals surface area contributed by atoms with Crippen molar-refractivity contribution < 1.29 is 19.2 Å². The lowest BCUT2D eigenvalue weighted by Gasteiger charge is -2.28. The Morgan fingerprint density at radius 3 is 2.91 bits per heavy atom. The third-order valence-electron chi connectivity index (χ3n) is 4.09. The van der Waals surface area contributed by atoms with Crippen molar-refractivity contribution in [2.24, 2.45) is 5.92 Å². The molecule has 1 heterocycles. The molecule has 0 bridgehead atoms. The summed E-state index contributed by atoms with van der Waals surface area (Å²) in [5.74, 6) is -0.195. The van der Waals surface area contributed by atoms with Crippen LogP contribution in [0.15, 0.2) is 24.3 Å². The number of likely N-dealkylation sites (tertiary alicyclic amines) is 1. The molecular formula is C17H24ClN2O3+. The SMILES string of the molecule is CCOC(=O)[C@@H]1CCC[NH+](CCC(=O)Nc2ccccc2Cl)C1. The average molecular weight is 340 g/mol. The Balaban J connectivity index is 1.77. The molecule has 2 atom stereocenters. The highest BCUT2D eigenvalue weighted by atomic mass is 35.5. The maximum absolute atomic E-state index is 12.1. The van der Waals surface area contributed by atoms with E-state index in [0.717, 1.165) is 25.9 Å². The highest BCUT2D eigenvalue weighted by molar-refractivity contribution is 6.33. The minimum atomic E-state index is -0.106. The summed E-state index contributed by atoms with van der Waals surface area (Å²) in [4.78, 5) is 25.2. The van der Waals surface area contributed by atoms with Gasteiger partial charge in [0.2, 0.25) is 5.91 Å². The summed E-state index contributed by atoms with van der Waals surface area (Å²) >= 11 is 6.03. The topological polar surface area (TPSA) is 59.8 Å². The van der Waals surface area contributed by atoms with Crippen LogP contribution in [0.3, 0.4) is 0 Å². The summed E-state index contributed by atoms with van der Waals surface area (Å²) in [6.45, 7) is 4.70. The number of esters is 1. The number of ether oxygens (including phenoxy) is 1. The molecule has 0 saturated carbocycles. The van der Waals surface area contributed by atoms with Gasteiger partial charge in [-0.3, -0.25) is 9.59 Å². The van der Waals surface area contributed by atoms with E-state index in [2.05, 4.69) is 5.32 Å². The Morgan fingerprint density at radius 2 is 2.17 bits per heavy atom. The van der Waals surface area contributed by atoms with E-state index in [1.54, 1.807) is 12.1 Å². The summed E-state index contributed by atoms with van der Waals surface area (Å²) in [6, 6.07) is 7.19. The molecular weight excluding hydrogens is 316 g/mol. The summed E-state index contributed by atoms with van der Waals surface area (Å²) in [5, 5.41) is 3.36. The molecule has 0 spiro atoms. The number of rotatable bonds is 6. The van der Waals surface area contributed by atoms with Gasteiger partial charge < -0.3 is 15.0 Å². The smallest absolute Gasteiger partial charge is 0.314 e. The summed E-state index contributed by atoms with van der Waals surface area (Å²) in [6.07, 6.45) is 2.29. The first-order chi connectivity index (χ1) is 11.1. The first-order valence-corrected chi connectivity index (χ1v) is 8.52. The number of anilines is 1. The molecule has 6 heteroatoms. The van der Waals surface area contributed by atoms with Crippen molar-refractivity contribution >= 4 is 29.2 Å². The number of carbonyl (C=O) groups is 2. The zero-order valence-electron chi connectivity index (χ0n) is 13.4. The number of halogens is 1. The lowest BCUT2D eigenvalue weighted by Crippen LogP contribution is -3.13. The summed E-state index contributed by atoms with van der Waals surface area (Å²) in [7, 11) is 0. The number of amides is 1. The lowest BCUT2D eigenvalue weighted by atomic mass is 9.98. The maximum Gasteiger partial charge on any atom is 0.314 e. The minimum absolute atomic E-state index is 0.0367. The molecule has 1 aromatic carbocycles. The van der Waals surface area contributed by atoms with Crippen molar-refractivity contribution in [2.75, 3.05) is 31.6 Å². The van der Waals surface area contributed by atoms with Gasteiger partial charge in [0, 0.05) is 0 Å². The Bertz CT molecular complexity index is 550. The number of quaternary nitrogens is 1. The highest BCUT2D eigenvalue weighted by Crippen LogP contribution is 2.20. The predicted molar refractivity (Wildman–Crippen MR) is 89.6 cm³/mol. The van der Waals surface area contributed by atoms with Crippen molar-refractivity contribution in [3.63, 3.8) is 0 Å². The van der Waals surface area contributed by atoms with Crippen LogP contribution in [0.2, 0.25) is 5.02 Å². The van der Waals surface area contributed by atoms with Gasteiger partial charge in [-0.1, -0.05) is 23.7 Å². The van der Waals surface area contributed by atoms with Crippen LogP contribution in [-0.4, -0.2) is 38.1 Å². The van der Waals surface area contributed by atoms with Gasteiger partial charge in [-0.2, -0.15) is 0 Å². The molecule has 1 aliphatic heterocycles. The van der Waals surface area contributed by atoms with E-state index in [1.807, 2.05) is 19.1 Å². The van der Waals surface area contributed by atoms with E-state index < -0.39 is 0 Å². The third kappa shape index (κ3) is 5.52. The van der Waals surface area contributed by atoms with Crippen LogP contribution in [0.1, 0.15) is 26.2 Å². The van der Waals surface area contributed by atoms with Crippen LogP contribution in [0, 0.1) is 5.92 Å². The van der Waals surface area contributed by atoms with E-state index in [-0.39, 0.29) is 17.8 Å². The minimum Gasteiger partial charge on any atom is -0.466 e. The first-order valence-electron chi connectivity index (χ1n) is 8.14. The van der Waals surface area contributed by atoms with E-state index >= 15 is 0 Å². The van der Waals surface area contributed by atoms with Crippen LogP contribution < -0.4 is 10.2 Å². The van der Waals surface area contributed by atoms with Gasteiger partial charge in [-0.25, -0.2) is 0 Å². The molecule has 1 aromatic rings. The fraction of sp³-hybridized carbons (Fsp3) is 0.529. The Kier molecular flexibility index (Phi) is 6.86. The molecule has 1 fully saturated rings. The quantitative estimate of drug-likeness (QED) is 0.773. The van der Waals surface area contributed by atoms with Crippen LogP contribution in [0.25, 0.3) is 0 Å². The number of carbonyl (C=O) groups excluding carboxylic acids is 2. The molecule has 0 aromatic heterocycles. The van der Waals surface area contributed by atoms with E-state index in [1.165, 1.54) is 4.90 Å². The predicted octanol–water partition coefficient (Wildman–Crippen LogP) is 1.53. The molecule has 2 N–H and O–H groups in total. The van der Waals surface area contributed by atoms with Gasteiger partial charge in [-0.15, -0.1) is 0 Å². The van der Waals surface area contributed by atoms with Gasteiger partial charge in [0.05, 0.1) is 43.4 Å². The second kappa shape index (κ2) is 8.89. The summed E-state index contributed by atoms with van der Waals surface area (Å²) < 4.78 is 5.10. The van der Waals surface area contributed by atoms with Crippen molar-refractivity contribution in [1.82, 2.24) is 0 Å². The van der Waals surface area contributed by atoms with Crippen molar-refractivity contribution in [1.29, 1.82) is 0 Å². The molecule has 126 valence electrons. The van der Waals surface area contributed by atoms with Crippen LogP contribution in [0.4, 0.5) is 5.69 Å². The van der Waals surface area contributed by atoms with Crippen molar-refractivity contribution in [2.45, 2.75) is 26.2 Å². The van der Waals surface area contributed by atoms with Crippen molar-refractivity contribution in [3.8, 4) is 0 Å². The van der Waals surface area contributed by atoms with E-state index in [4.69, 9.17) is 16.3 Å². The molecule has 1 amide bonds. The average Bonchev–Trinajstić information content (AvgIpc) is 2.56. The fourth-order valence-corrected chi connectivity index (χ4v) is 3.09. The lowest BCUT2D eigenvalue weighted by molar-refractivity contribution is -0.906. The second-order valence-electron chi connectivity index (χ2n) is 5.82. The molecule has 0 aliphatic carbocycles. The second-order valence-corrected chi connectivity index (χ2v) is 6.23. The third-order valence-corrected chi connectivity index (χ3v) is 4.42. The Hall–Kier alpha value is -1.59. The van der Waals surface area contributed by atoms with E-state index in [9.17, 15) is 9.59 Å². The van der Waals surface area contributed by atoms with Gasteiger partial charge in [0.25, 0.3) is 0 Å². The number of nitrogens with one attached hydrogen (secondary N) is 2. The zero-order chi connectivity index (χ0) is 16.7. The molecule has 1 unspecified atom stereocenters. The molecule has 5 nitrogen and oxygen atoms in total. The zero-order valence-corrected chi connectivity index (χ0v) is 14.2. The van der Waals surface area contributed by atoms with Crippen LogP contribution in [0.5, 0.6) is 0 Å². The van der Waals surface area contributed by atoms with Gasteiger partial charge in [-0.05, 0) is 31.9 Å². The normalized spacial score (nSPS) is 20.8.